The molecule has 6 heteroatoms. The van der Waals surface area contributed by atoms with Crippen LogP contribution in [0.25, 0.3) is 0 Å². The van der Waals surface area contributed by atoms with E-state index >= 15 is 0 Å². The van der Waals surface area contributed by atoms with Crippen molar-refractivity contribution in [1.29, 1.82) is 0 Å². The van der Waals surface area contributed by atoms with Crippen molar-refractivity contribution in [2.45, 2.75) is 88.0 Å². The molecule has 0 amide bonds. The summed E-state index contributed by atoms with van der Waals surface area (Å²) in [5.41, 5.74) is 1.42. The van der Waals surface area contributed by atoms with Gasteiger partial charge in [-0.3, -0.25) is 9.48 Å². The molecule has 27 heavy (non-hydrogen) atoms. The second kappa shape index (κ2) is 11.4. The number of aliphatic hydroxyl groups is 1. The van der Waals surface area contributed by atoms with Crippen molar-refractivity contribution >= 4 is 5.97 Å². The summed E-state index contributed by atoms with van der Waals surface area (Å²) in [5.74, 6) is -0.207. The Morgan fingerprint density at radius 1 is 1.22 bits per heavy atom. The molecule has 0 saturated heterocycles. The predicted molar refractivity (Wildman–Crippen MR) is 108 cm³/mol. The minimum atomic E-state index is -0.983. The third-order valence-electron chi connectivity index (χ3n) is 4.25. The molecule has 158 valence electrons. The summed E-state index contributed by atoms with van der Waals surface area (Å²) in [5, 5.41) is 14.2. The fourth-order valence-corrected chi connectivity index (χ4v) is 3.07. The number of carbonyl (C=O) groups is 1. The molecule has 0 bridgehead atoms. The van der Waals surface area contributed by atoms with Gasteiger partial charge in [0.15, 0.2) is 6.29 Å². The van der Waals surface area contributed by atoms with E-state index in [1.54, 1.807) is 4.68 Å². The summed E-state index contributed by atoms with van der Waals surface area (Å²) in [6.45, 7) is 18.7. The second-order valence-electron chi connectivity index (χ2n) is 8.22. The number of hydrogen-bond donors (Lipinski definition) is 1. The predicted octanol–water partition coefficient (Wildman–Crippen LogP) is 4.26. The third kappa shape index (κ3) is 9.38. The molecule has 2 atom stereocenters. The van der Waals surface area contributed by atoms with Crippen LogP contribution in [-0.4, -0.2) is 40.4 Å². The molecule has 0 aliphatic rings. The van der Waals surface area contributed by atoms with Crippen LogP contribution < -0.4 is 0 Å². The van der Waals surface area contributed by atoms with Crippen LogP contribution in [0.5, 0.6) is 0 Å². The zero-order valence-electron chi connectivity index (χ0n) is 18.8. The quantitative estimate of drug-likeness (QED) is 0.391. The summed E-state index contributed by atoms with van der Waals surface area (Å²) < 4.78 is 12.4. The summed E-state index contributed by atoms with van der Waals surface area (Å²) in [4.78, 5) is 12.4. The van der Waals surface area contributed by atoms with Crippen molar-refractivity contribution in [3.63, 3.8) is 0 Å². The molecule has 1 aromatic rings. The van der Waals surface area contributed by atoms with Crippen molar-refractivity contribution < 1.29 is 19.4 Å². The van der Waals surface area contributed by atoms with Crippen LogP contribution in [-0.2, 0) is 20.8 Å². The molecule has 0 spiro atoms. The molecular formula is C21H40N2O4. The lowest BCUT2D eigenvalue weighted by molar-refractivity contribution is -0.164. The van der Waals surface area contributed by atoms with Crippen LogP contribution in [0.15, 0.2) is 6.07 Å². The smallest absolute Gasteiger partial charge is 0.311 e. The molecule has 0 radical (unpaired) electrons. The highest BCUT2D eigenvalue weighted by molar-refractivity contribution is 5.76. The van der Waals surface area contributed by atoms with Crippen molar-refractivity contribution in [1.82, 2.24) is 9.78 Å². The number of aryl methyl sites for hydroxylation is 2. The zero-order valence-corrected chi connectivity index (χ0v) is 18.8. The Kier molecular flexibility index (Phi) is 10.9. The molecule has 2 unspecified atom stereocenters. The van der Waals surface area contributed by atoms with Crippen LogP contribution in [0.4, 0.5) is 0 Å². The van der Waals surface area contributed by atoms with Crippen LogP contribution in [0, 0.1) is 24.7 Å². The summed E-state index contributed by atoms with van der Waals surface area (Å²) in [6, 6.07) is 1.94. The first-order chi connectivity index (χ1) is 12.5. The first kappa shape index (κ1) is 25.6. The summed E-state index contributed by atoms with van der Waals surface area (Å²) in [6.07, 6.45) is 0.505. The zero-order chi connectivity index (χ0) is 21.3. The van der Waals surface area contributed by atoms with Crippen molar-refractivity contribution in [3.8, 4) is 0 Å². The van der Waals surface area contributed by atoms with E-state index in [1.165, 1.54) is 0 Å². The molecule has 0 aliphatic carbocycles. The van der Waals surface area contributed by atoms with E-state index in [1.807, 2.05) is 47.6 Å². The highest BCUT2D eigenvalue weighted by Gasteiger charge is 2.36. The number of aliphatic hydroxyl groups excluding tert-OH is 1. The normalized spacial score (nSPS) is 14.7. The molecule has 0 saturated carbocycles. The molecule has 6 nitrogen and oxygen atoms in total. The lowest BCUT2D eigenvalue weighted by Crippen LogP contribution is -2.34. The number of aromatic nitrogens is 2. The van der Waals surface area contributed by atoms with Gasteiger partial charge in [-0.1, -0.05) is 41.5 Å². The molecule has 0 fully saturated rings. The average molecular weight is 385 g/mol. The Hall–Kier alpha value is -1.40. The Morgan fingerprint density at radius 2 is 1.81 bits per heavy atom. The van der Waals surface area contributed by atoms with Crippen LogP contribution in [0.3, 0.4) is 0 Å². The standard InChI is InChI=1S/C19H34N2O4.C2H6/c1-8-19(7,13-18(4,5)6)17(23)25-10-9-24-16(22)12-21-15(3)11-14(2)20-21;1-2/h11,16,22H,8-10,12-13H2,1-7H3;1-2H3. The molecule has 1 aromatic heterocycles. The number of hydrogen-bond acceptors (Lipinski definition) is 5. The van der Waals surface area contributed by atoms with E-state index < -0.39 is 11.7 Å². The van der Waals surface area contributed by atoms with Gasteiger partial charge in [0, 0.05) is 5.69 Å². The molecular weight excluding hydrogens is 344 g/mol. The van der Waals surface area contributed by atoms with Gasteiger partial charge in [0.05, 0.1) is 24.3 Å². The first-order valence-corrected chi connectivity index (χ1v) is 9.95. The Balaban J connectivity index is 0.00000326. The van der Waals surface area contributed by atoms with Crippen LogP contribution >= 0.6 is 0 Å². The topological polar surface area (TPSA) is 73.6 Å². The maximum absolute atomic E-state index is 12.4. The van der Waals surface area contributed by atoms with Gasteiger partial charge in [-0.2, -0.15) is 5.10 Å². The summed E-state index contributed by atoms with van der Waals surface area (Å²) in [7, 11) is 0. The third-order valence-corrected chi connectivity index (χ3v) is 4.25. The minimum Gasteiger partial charge on any atom is -0.463 e. The lowest BCUT2D eigenvalue weighted by Gasteiger charge is -2.32. The van der Waals surface area contributed by atoms with Gasteiger partial charge in [-0.25, -0.2) is 0 Å². The van der Waals surface area contributed by atoms with Gasteiger partial charge in [0.2, 0.25) is 0 Å². The second-order valence-corrected chi connectivity index (χ2v) is 8.22. The van der Waals surface area contributed by atoms with Gasteiger partial charge >= 0.3 is 5.97 Å². The maximum atomic E-state index is 12.4. The summed E-state index contributed by atoms with van der Waals surface area (Å²) >= 11 is 0. The van der Waals surface area contributed by atoms with Gasteiger partial charge in [0.1, 0.15) is 6.61 Å². The molecule has 1 rings (SSSR count). The van der Waals surface area contributed by atoms with Gasteiger partial charge < -0.3 is 14.6 Å². The van der Waals surface area contributed by atoms with Gasteiger partial charge in [0.25, 0.3) is 0 Å². The number of esters is 1. The number of rotatable bonds is 9. The van der Waals surface area contributed by atoms with E-state index in [9.17, 15) is 9.90 Å². The van der Waals surface area contributed by atoms with E-state index in [2.05, 4.69) is 25.9 Å². The van der Waals surface area contributed by atoms with Gasteiger partial charge in [-0.05, 0) is 45.1 Å². The molecule has 0 aliphatic heterocycles. The lowest BCUT2D eigenvalue weighted by atomic mass is 9.73. The molecule has 1 heterocycles. The number of ether oxygens (including phenoxy) is 2. The van der Waals surface area contributed by atoms with Gasteiger partial charge in [-0.15, -0.1) is 0 Å². The minimum absolute atomic E-state index is 0.0518. The van der Waals surface area contributed by atoms with E-state index in [0.717, 1.165) is 24.2 Å². The van der Waals surface area contributed by atoms with E-state index in [0.29, 0.717) is 0 Å². The van der Waals surface area contributed by atoms with E-state index in [4.69, 9.17) is 9.47 Å². The van der Waals surface area contributed by atoms with E-state index in [-0.39, 0.29) is 31.1 Å². The van der Waals surface area contributed by atoms with Crippen LogP contribution in [0.1, 0.15) is 72.7 Å². The maximum Gasteiger partial charge on any atom is 0.311 e. The fourth-order valence-electron chi connectivity index (χ4n) is 3.07. The Bertz CT molecular complexity index is 563. The highest BCUT2D eigenvalue weighted by atomic mass is 16.6. The van der Waals surface area contributed by atoms with Crippen molar-refractivity contribution in [3.05, 3.63) is 17.5 Å². The SMILES string of the molecule is CC.CCC(C)(CC(C)(C)C)C(=O)OCCOC(O)Cn1nc(C)cc1C. The molecule has 1 N–H and O–H groups in total. The first-order valence-electron chi connectivity index (χ1n) is 9.95. The largest absolute Gasteiger partial charge is 0.463 e. The number of carbonyl (C=O) groups excluding carboxylic acids is 1. The molecule has 0 aromatic carbocycles. The Morgan fingerprint density at radius 3 is 2.26 bits per heavy atom. The van der Waals surface area contributed by atoms with Crippen LogP contribution in [0.2, 0.25) is 0 Å². The average Bonchev–Trinajstić information content (AvgIpc) is 2.88. The number of nitrogens with zero attached hydrogens (tertiary/aromatic N) is 2. The monoisotopic (exact) mass is 384 g/mol. The van der Waals surface area contributed by atoms with Crippen molar-refractivity contribution in [2.24, 2.45) is 10.8 Å². The fraction of sp³-hybridized carbons (Fsp3) is 0.810. The van der Waals surface area contributed by atoms with Crippen molar-refractivity contribution in [2.75, 3.05) is 13.2 Å². The highest BCUT2D eigenvalue weighted by Crippen LogP contribution is 2.37. The Labute approximate surface area is 165 Å².